The molecular weight excluding hydrogens is 316 g/mol. The minimum absolute atomic E-state index is 0. The van der Waals surface area contributed by atoms with E-state index in [1.54, 1.807) is 0 Å². The summed E-state index contributed by atoms with van der Waals surface area (Å²) in [5.74, 6) is 0.733. The predicted molar refractivity (Wildman–Crippen MR) is 91.1 cm³/mol. The highest BCUT2D eigenvalue weighted by Crippen LogP contribution is 2.21. The maximum Gasteiger partial charge on any atom is 0.277 e. The lowest BCUT2D eigenvalue weighted by Gasteiger charge is -2.12. The second-order valence-corrected chi connectivity index (χ2v) is 5.81. The van der Waals surface area contributed by atoms with E-state index in [1.165, 1.54) is 0 Å². The van der Waals surface area contributed by atoms with Gasteiger partial charge in [-0.05, 0) is 12.3 Å². The zero-order valence-electron chi connectivity index (χ0n) is 13.4. The molecule has 1 unspecified atom stereocenters. The lowest BCUT2D eigenvalue weighted by atomic mass is 10.0. The van der Waals surface area contributed by atoms with Crippen LogP contribution in [0.3, 0.4) is 0 Å². The average Bonchev–Trinajstić information content (AvgIpc) is 3.14. The Labute approximate surface area is 141 Å². The van der Waals surface area contributed by atoms with Crippen LogP contribution in [0.15, 0.2) is 6.07 Å². The van der Waals surface area contributed by atoms with Crippen LogP contribution in [0.5, 0.6) is 0 Å². The van der Waals surface area contributed by atoms with Crippen LogP contribution in [0.1, 0.15) is 60.0 Å². The molecule has 23 heavy (non-hydrogen) atoms. The van der Waals surface area contributed by atoms with Gasteiger partial charge in [-0.15, -0.1) is 12.4 Å². The van der Waals surface area contributed by atoms with Gasteiger partial charge in [-0.2, -0.15) is 10.2 Å². The van der Waals surface area contributed by atoms with Crippen molar-refractivity contribution < 1.29 is 4.79 Å². The number of carbonyl (C=O) groups is 1. The van der Waals surface area contributed by atoms with Gasteiger partial charge in [0.15, 0.2) is 11.5 Å². The Morgan fingerprint density at radius 3 is 3.00 bits per heavy atom. The monoisotopic (exact) mass is 338 g/mol. The molecule has 8 heteroatoms. The largest absolute Gasteiger partial charge is 0.312 e. The van der Waals surface area contributed by atoms with Crippen LogP contribution in [0, 0.1) is 0 Å². The summed E-state index contributed by atoms with van der Waals surface area (Å²) in [7, 11) is 0. The van der Waals surface area contributed by atoms with Crippen molar-refractivity contribution in [2.75, 3.05) is 11.9 Å². The van der Waals surface area contributed by atoms with Crippen molar-refractivity contribution in [1.82, 2.24) is 25.7 Å². The number of nitrogens with zero attached hydrogens (tertiary/aromatic N) is 2. The first-order valence-electron chi connectivity index (χ1n) is 7.82. The molecule has 1 amide bonds. The molecule has 0 saturated heterocycles. The summed E-state index contributed by atoms with van der Waals surface area (Å²) in [5, 5.41) is 20.4. The van der Waals surface area contributed by atoms with Crippen molar-refractivity contribution in [3.63, 3.8) is 0 Å². The third-order valence-corrected chi connectivity index (χ3v) is 4.11. The number of aromatic amines is 2. The summed E-state index contributed by atoms with van der Waals surface area (Å²) in [6.45, 7) is 5.89. The van der Waals surface area contributed by atoms with E-state index in [4.69, 9.17) is 0 Å². The molecule has 0 fully saturated rings. The first-order chi connectivity index (χ1) is 10.7. The number of nitrogens with one attached hydrogen (secondary N) is 4. The summed E-state index contributed by atoms with van der Waals surface area (Å²) in [5.41, 5.74) is 3.50. The van der Waals surface area contributed by atoms with Crippen LogP contribution in [-0.4, -0.2) is 32.8 Å². The summed E-state index contributed by atoms with van der Waals surface area (Å²) >= 11 is 0. The van der Waals surface area contributed by atoms with Gasteiger partial charge in [-0.1, -0.05) is 20.3 Å². The third kappa shape index (κ3) is 3.73. The summed E-state index contributed by atoms with van der Waals surface area (Å²) in [6, 6.07) is 1.90. The molecule has 0 aliphatic carbocycles. The molecule has 4 N–H and O–H groups in total. The molecule has 3 rings (SSSR count). The number of rotatable bonds is 5. The van der Waals surface area contributed by atoms with E-state index in [9.17, 15) is 4.79 Å². The molecule has 0 radical (unpaired) electrons. The molecule has 0 saturated carbocycles. The second-order valence-electron chi connectivity index (χ2n) is 5.81. The fourth-order valence-electron chi connectivity index (χ4n) is 2.83. The minimum atomic E-state index is -0.220. The van der Waals surface area contributed by atoms with E-state index < -0.39 is 0 Å². The highest BCUT2D eigenvalue weighted by Gasteiger charge is 2.22. The average molecular weight is 339 g/mol. The van der Waals surface area contributed by atoms with E-state index in [-0.39, 0.29) is 18.3 Å². The standard InChI is InChI=1S/C15H22N6O.ClH/c1-3-4-9(2)12-7-13(20-19-12)17-15(22)14-10-8-16-6-5-11(10)18-21-14;/h7,9,16H,3-6,8H2,1-2H3,(H,18,21)(H2,17,19,20,22);1H. The number of fused-ring (bicyclic) bond motifs is 1. The van der Waals surface area contributed by atoms with Crippen LogP contribution < -0.4 is 10.6 Å². The van der Waals surface area contributed by atoms with Crippen molar-refractivity contribution in [3.8, 4) is 0 Å². The zero-order valence-corrected chi connectivity index (χ0v) is 14.2. The van der Waals surface area contributed by atoms with Gasteiger partial charge in [0.25, 0.3) is 5.91 Å². The number of amides is 1. The third-order valence-electron chi connectivity index (χ3n) is 4.11. The summed E-state index contributed by atoms with van der Waals surface area (Å²) in [4.78, 5) is 12.4. The Morgan fingerprint density at radius 1 is 1.39 bits per heavy atom. The smallest absolute Gasteiger partial charge is 0.277 e. The highest BCUT2D eigenvalue weighted by molar-refractivity contribution is 6.03. The summed E-state index contributed by atoms with van der Waals surface area (Å²) in [6.07, 6.45) is 3.08. The summed E-state index contributed by atoms with van der Waals surface area (Å²) < 4.78 is 0. The Morgan fingerprint density at radius 2 is 2.22 bits per heavy atom. The molecule has 1 aliphatic rings. The predicted octanol–water partition coefficient (Wildman–Crippen LogP) is 2.36. The van der Waals surface area contributed by atoms with Crippen LogP contribution in [0.2, 0.25) is 0 Å². The maximum absolute atomic E-state index is 12.4. The molecule has 2 aromatic heterocycles. The second kappa shape index (κ2) is 7.61. The molecule has 1 aliphatic heterocycles. The van der Waals surface area contributed by atoms with E-state index in [2.05, 4.69) is 44.9 Å². The van der Waals surface area contributed by atoms with Crippen LogP contribution in [0.25, 0.3) is 0 Å². The SMILES string of the molecule is CCCC(C)c1cc(NC(=O)c2n[nH]c3c2CNCC3)n[nH]1.Cl. The van der Waals surface area contributed by atoms with Crippen molar-refractivity contribution >= 4 is 24.1 Å². The Balaban J connectivity index is 0.00000192. The van der Waals surface area contributed by atoms with Crippen molar-refractivity contribution in [2.45, 2.75) is 45.6 Å². The van der Waals surface area contributed by atoms with Crippen molar-refractivity contribution in [1.29, 1.82) is 0 Å². The lowest BCUT2D eigenvalue weighted by Crippen LogP contribution is -2.25. The first kappa shape index (κ1) is 17.5. The molecule has 7 nitrogen and oxygen atoms in total. The lowest BCUT2D eigenvalue weighted by molar-refractivity contribution is 0.102. The number of halogens is 1. The fourth-order valence-corrected chi connectivity index (χ4v) is 2.83. The van der Waals surface area contributed by atoms with Gasteiger partial charge in [-0.25, -0.2) is 0 Å². The maximum atomic E-state index is 12.4. The van der Waals surface area contributed by atoms with Gasteiger partial charge in [0.1, 0.15) is 0 Å². The van der Waals surface area contributed by atoms with Crippen molar-refractivity contribution in [2.24, 2.45) is 0 Å². The first-order valence-corrected chi connectivity index (χ1v) is 7.82. The van der Waals surface area contributed by atoms with Gasteiger partial charge in [0.2, 0.25) is 0 Å². The zero-order chi connectivity index (χ0) is 15.5. The number of anilines is 1. The minimum Gasteiger partial charge on any atom is -0.312 e. The van der Waals surface area contributed by atoms with Gasteiger partial charge in [0.05, 0.1) is 0 Å². The Hall–Kier alpha value is -1.86. The molecule has 0 aromatic carbocycles. The van der Waals surface area contributed by atoms with Crippen LogP contribution in [0.4, 0.5) is 5.82 Å². The number of aromatic nitrogens is 4. The molecule has 0 spiro atoms. The van der Waals surface area contributed by atoms with E-state index in [0.29, 0.717) is 24.0 Å². The van der Waals surface area contributed by atoms with E-state index in [0.717, 1.165) is 42.8 Å². The number of hydrogen-bond donors (Lipinski definition) is 4. The quantitative estimate of drug-likeness (QED) is 0.672. The fraction of sp³-hybridized carbons (Fsp3) is 0.533. The van der Waals surface area contributed by atoms with Crippen LogP contribution >= 0.6 is 12.4 Å². The molecule has 126 valence electrons. The normalized spacial score (nSPS) is 14.7. The number of hydrogen-bond acceptors (Lipinski definition) is 4. The Bertz CT molecular complexity index is 665. The topological polar surface area (TPSA) is 98.5 Å². The van der Waals surface area contributed by atoms with Gasteiger partial charge in [-0.3, -0.25) is 15.0 Å². The number of H-pyrrole nitrogens is 2. The van der Waals surface area contributed by atoms with E-state index >= 15 is 0 Å². The van der Waals surface area contributed by atoms with Gasteiger partial charge >= 0.3 is 0 Å². The molecule has 2 aromatic rings. The highest BCUT2D eigenvalue weighted by atomic mass is 35.5. The Kier molecular flexibility index (Phi) is 5.79. The molecular formula is C15H23ClN6O. The van der Waals surface area contributed by atoms with Crippen LogP contribution in [-0.2, 0) is 13.0 Å². The van der Waals surface area contributed by atoms with Gasteiger partial charge < -0.3 is 10.6 Å². The molecule has 0 bridgehead atoms. The molecule has 3 heterocycles. The molecule has 1 atom stereocenters. The van der Waals surface area contributed by atoms with E-state index in [1.807, 2.05) is 6.07 Å². The van der Waals surface area contributed by atoms with Crippen molar-refractivity contribution in [3.05, 3.63) is 28.7 Å². The number of carbonyl (C=O) groups excluding carboxylic acids is 1. The van der Waals surface area contributed by atoms with Gasteiger partial charge in [0, 0.05) is 42.5 Å².